The van der Waals surface area contributed by atoms with Gasteiger partial charge in [0.05, 0.1) is 23.2 Å². The van der Waals surface area contributed by atoms with Crippen molar-refractivity contribution in [1.82, 2.24) is 34.4 Å². The van der Waals surface area contributed by atoms with E-state index in [0.717, 1.165) is 34.7 Å². The van der Waals surface area contributed by atoms with Crippen LogP contribution >= 0.6 is 0 Å². The molecule has 2 aliphatic heterocycles. The quantitative estimate of drug-likeness (QED) is 0.279. The molecule has 2 saturated heterocycles. The summed E-state index contributed by atoms with van der Waals surface area (Å²) in [6.45, 7) is 2.58. The Hall–Kier alpha value is -3.41. The Bertz CT molecular complexity index is 1600. The van der Waals surface area contributed by atoms with Gasteiger partial charge in [-0.1, -0.05) is 11.8 Å². The van der Waals surface area contributed by atoms with Gasteiger partial charge in [-0.25, -0.2) is 23.4 Å². The van der Waals surface area contributed by atoms with Gasteiger partial charge >= 0.3 is 0 Å². The number of rotatable bonds is 7. The summed E-state index contributed by atoms with van der Waals surface area (Å²) in [7, 11) is 0.153. The molecule has 12 nitrogen and oxygen atoms in total. The van der Waals surface area contributed by atoms with E-state index in [-0.39, 0.29) is 11.3 Å². The van der Waals surface area contributed by atoms with Gasteiger partial charge in [-0.15, -0.1) is 0 Å². The zero-order chi connectivity index (χ0) is 28.6. The second kappa shape index (κ2) is 11.1. The highest BCUT2D eigenvalue weighted by Gasteiger charge is 2.38. The van der Waals surface area contributed by atoms with Crippen LogP contribution in [0.4, 0.5) is 11.6 Å². The van der Waals surface area contributed by atoms with Crippen molar-refractivity contribution in [1.29, 1.82) is 0 Å². The Labute approximate surface area is 239 Å². The number of ether oxygens (including phenoxy) is 1. The summed E-state index contributed by atoms with van der Waals surface area (Å²) in [5.74, 6) is 7.25. The van der Waals surface area contributed by atoms with Crippen molar-refractivity contribution >= 4 is 21.7 Å². The molecule has 5 heterocycles. The third kappa shape index (κ3) is 6.12. The molecule has 0 bridgehead atoms. The van der Waals surface area contributed by atoms with Crippen LogP contribution < -0.4 is 10.6 Å². The molecule has 0 aromatic carbocycles. The first kappa shape index (κ1) is 27.7. The zero-order valence-electron chi connectivity index (χ0n) is 23.1. The molecule has 0 amide bonds. The largest absolute Gasteiger partial charge is 0.365 e. The lowest BCUT2D eigenvalue weighted by atomic mass is 9.90. The second-order valence-corrected chi connectivity index (χ2v) is 13.1. The van der Waals surface area contributed by atoms with Crippen molar-refractivity contribution in [3.8, 4) is 23.2 Å². The van der Waals surface area contributed by atoms with Gasteiger partial charge in [0, 0.05) is 63.0 Å². The normalized spacial score (nSPS) is 25.0. The van der Waals surface area contributed by atoms with Crippen LogP contribution in [0.3, 0.4) is 0 Å². The summed E-state index contributed by atoms with van der Waals surface area (Å²) >= 11 is 0. The fourth-order valence-electron chi connectivity index (χ4n) is 5.28. The molecule has 3 atom stereocenters. The molecule has 3 aromatic rings. The third-order valence-electron chi connectivity index (χ3n) is 7.86. The molecule has 3 aliphatic rings. The fraction of sp³-hybridized carbons (Fsp3) is 0.500. The number of hydrogen-bond donors (Lipinski definition) is 3. The molecule has 3 N–H and O–H groups in total. The lowest BCUT2D eigenvalue weighted by Crippen LogP contribution is -2.45. The number of hydrogen-bond acceptors (Lipinski definition) is 11. The number of nitrogens with one attached hydrogen (secondary N) is 2. The third-order valence-corrected chi connectivity index (χ3v) is 9.89. The second-order valence-electron chi connectivity index (χ2n) is 11.0. The highest BCUT2D eigenvalue weighted by atomic mass is 32.2. The summed E-state index contributed by atoms with van der Waals surface area (Å²) in [6.07, 6.45) is 9.47. The van der Waals surface area contributed by atoms with Gasteiger partial charge in [-0.05, 0) is 50.6 Å². The maximum atomic E-state index is 12.5. The minimum Gasteiger partial charge on any atom is -0.365 e. The summed E-state index contributed by atoms with van der Waals surface area (Å²) < 4.78 is 31.5. The van der Waals surface area contributed by atoms with Gasteiger partial charge in [0.1, 0.15) is 11.6 Å². The fourth-order valence-corrected chi connectivity index (χ4v) is 6.76. The lowest BCUT2D eigenvalue weighted by Gasteiger charge is -2.36. The molecule has 0 radical (unpaired) electrons. The van der Waals surface area contributed by atoms with Crippen LogP contribution in [0, 0.1) is 17.8 Å². The Kier molecular flexibility index (Phi) is 7.52. The Morgan fingerprint density at radius 2 is 2.07 bits per heavy atom. The molecule has 0 spiro atoms. The number of aromatic nitrogens is 5. The topological polar surface area (TPSA) is 147 Å². The van der Waals surface area contributed by atoms with Crippen LogP contribution in [-0.4, -0.2) is 87.4 Å². The molecule has 3 aromatic heterocycles. The molecule has 3 fully saturated rings. The average molecular weight is 579 g/mol. The van der Waals surface area contributed by atoms with Gasteiger partial charge in [-0.3, -0.25) is 0 Å². The van der Waals surface area contributed by atoms with Crippen LogP contribution in [0.15, 0.2) is 36.9 Å². The van der Waals surface area contributed by atoms with E-state index in [0.29, 0.717) is 61.2 Å². The average Bonchev–Trinajstić information content (AvgIpc) is 3.57. The van der Waals surface area contributed by atoms with Gasteiger partial charge in [0.2, 0.25) is 0 Å². The van der Waals surface area contributed by atoms with Crippen molar-refractivity contribution in [3.05, 3.63) is 48.0 Å². The van der Waals surface area contributed by atoms with E-state index in [9.17, 15) is 13.5 Å². The van der Waals surface area contributed by atoms with Crippen LogP contribution in [0.25, 0.3) is 11.4 Å². The molecule has 3 unspecified atom stereocenters. The molecule has 41 heavy (non-hydrogen) atoms. The number of piperidine rings is 1. The molecular weight excluding hydrogens is 544 g/mol. The lowest BCUT2D eigenvalue weighted by molar-refractivity contribution is -0.206. The van der Waals surface area contributed by atoms with E-state index < -0.39 is 15.8 Å². The van der Waals surface area contributed by atoms with Crippen molar-refractivity contribution in [2.24, 2.45) is 5.92 Å². The SMILES string of the molecule is COC1(O)CCNC(c2cc(Nc3ccnc(-c4cnn(S(=O)(=O)C5CC5)c4)n3)ncc2C#CC2CCN(C)C2)C1. The number of anilines is 2. The van der Waals surface area contributed by atoms with Crippen molar-refractivity contribution < 1.29 is 18.3 Å². The van der Waals surface area contributed by atoms with E-state index >= 15 is 0 Å². The van der Waals surface area contributed by atoms with E-state index in [4.69, 9.17) is 4.74 Å². The minimum atomic E-state index is -3.48. The number of nitrogens with zero attached hydrogens (tertiary/aromatic N) is 6. The number of pyridine rings is 1. The zero-order valence-corrected chi connectivity index (χ0v) is 23.9. The van der Waals surface area contributed by atoms with E-state index in [1.54, 1.807) is 18.5 Å². The first-order chi connectivity index (χ1) is 19.7. The van der Waals surface area contributed by atoms with Crippen LogP contribution in [0.1, 0.15) is 49.3 Å². The van der Waals surface area contributed by atoms with Crippen molar-refractivity contribution in [3.63, 3.8) is 0 Å². The maximum Gasteiger partial charge on any atom is 0.256 e. The molecule has 6 rings (SSSR count). The smallest absolute Gasteiger partial charge is 0.256 e. The number of methoxy groups -OCH3 is 1. The summed E-state index contributed by atoms with van der Waals surface area (Å²) in [5.41, 5.74) is 2.22. The summed E-state index contributed by atoms with van der Waals surface area (Å²) in [6, 6.07) is 3.45. The van der Waals surface area contributed by atoms with Crippen molar-refractivity contribution in [2.45, 2.75) is 49.2 Å². The molecular formula is C28H34N8O4S. The minimum absolute atomic E-state index is 0.187. The van der Waals surface area contributed by atoms with Crippen molar-refractivity contribution in [2.75, 3.05) is 39.1 Å². The van der Waals surface area contributed by atoms with Gasteiger partial charge in [-0.2, -0.15) is 9.19 Å². The molecule has 1 saturated carbocycles. The standard InChI is InChI=1S/C28H34N8O4S/c1-35-12-8-19(17-35)3-4-20-15-31-26(13-23(20)24-14-28(37,40-2)9-11-29-24)33-25-7-10-30-27(34-25)21-16-32-36(18-21)41(38,39)22-5-6-22/h7,10,13,15-16,18-19,22,24,29,37H,5-6,8-9,11-12,14,17H2,1-2H3,(H,30,31,33,34). The van der Waals surface area contributed by atoms with Crippen LogP contribution in [0.5, 0.6) is 0 Å². The Morgan fingerprint density at radius 3 is 2.83 bits per heavy atom. The summed E-state index contributed by atoms with van der Waals surface area (Å²) in [4.78, 5) is 15.8. The molecule has 13 heteroatoms. The Morgan fingerprint density at radius 1 is 1.22 bits per heavy atom. The predicted octanol–water partition coefficient (Wildman–Crippen LogP) is 1.88. The Balaban J connectivity index is 1.27. The molecule has 216 valence electrons. The van der Waals surface area contributed by atoms with Gasteiger partial charge in [0.15, 0.2) is 11.6 Å². The monoisotopic (exact) mass is 578 g/mol. The van der Waals surface area contributed by atoms with E-state index in [1.807, 2.05) is 6.07 Å². The maximum absolute atomic E-state index is 12.5. The molecule has 1 aliphatic carbocycles. The number of likely N-dealkylation sites (tertiary alicyclic amines) is 1. The predicted molar refractivity (Wildman–Crippen MR) is 153 cm³/mol. The highest BCUT2D eigenvalue weighted by Crippen LogP contribution is 2.34. The van der Waals surface area contributed by atoms with E-state index in [2.05, 4.69) is 54.5 Å². The van der Waals surface area contributed by atoms with Crippen LogP contribution in [-0.2, 0) is 14.8 Å². The number of aliphatic hydroxyl groups is 1. The van der Waals surface area contributed by atoms with Gasteiger partial charge < -0.3 is 25.4 Å². The highest BCUT2D eigenvalue weighted by molar-refractivity contribution is 7.90. The van der Waals surface area contributed by atoms with E-state index in [1.165, 1.54) is 19.5 Å². The van der Waals surface area contributed by atoms with Gasteiger partial charge in [0.25, 0.3) is 10.0 Å². The first-order valence-electron chi connectivity index (χ1n) is 13.8. The summed E-state index contributed by atoms with van der Waals surface area (Å²) in [5, 5.41) is 21.3. The van der Waals surface area contributed by atoms with Crippen LogP contribution in [0.2, 0.25) is 0 Å². The first-order valence-corrected chi connectivity index (χ1v) is 15.3.